The van der Waals surface area contributed by atoms with E-state index in [1.807, 2.05) is 0 Å². The highest BCUT2D eigenvalue weighted by molar-refractivity contribution is 7.88. The smallest absolute Gasteiger partial charge is 0.478 e. The average molecular weight is 885 g/mol. The van der Waals surface area contributed by atoms with Gasteiger partial charge < -0.3 is 39.9 Å². The molecule has 0 spiro atoms. The Morgan fingerprint density at radius 3 is 2.07 bits per heavy atom. The van der Waals surface area contributed by atoms with Gasteiger partial charge in [0.15, 0.2) is 22.3 Å². The number of imide groups is 1. The van der Waals surface area contributed by atoms with Crippen LogP contribution in [0.2, 0.25) is 0 Å². The van der Waals surface area contributed by atoms with Crippen LogP contribution in [-0.2, 0) is 38.9 Å². The summed E-state index contributed by atoms with van der Waals surface area (Å²) in [5.41, 5.74) is 2.69. The number of likely N-dealkylation sites (tertiary alicyclic amines) is 1. The van der Waals surface area contributed by atoms with E-state index in [4.69, 9.17) is 29.5 Å². The number of oxime groups is 1. The minimum atomic E-state index is -5.01. The van der Waals surface area contributed by atoms with Crippen LogP contribution in [0.4, 0.5) is 24.3 Å². The van der Waals surface area contributed by atoms with E-state index < -0.39 is 124 Å². The second kappa shape index (κ2) is 17.2. The normalized spacial score (nSPS) is 16.0. The minimum Gasteiger partial charge on any atom is -0.478 e. The van der Waals surface area contributed by atoms with Gasteiger partial charge in [0.05, 0.1) is 25.8 Å². The Morgan fingerprint density at radius 1 is 0.933 bits per heavy atom. The summed E-state index contributed by atoms with van der Waals surface area (Å²) in [5.74, 6) is -5.69. The van der Waals surface area contributed by atoms with Gasteiger partial charge >= 0.3 is 40.6 Å². The molecule has 2 fully saturated rings. The summed E-state index contributed by atoms with van der Waals surface area (Å²) in [6.45, 7) is 10.0. The molecule has 326 valence electrons. The van der Waals surface area contributed by atoms with E-state index in [1.165, 1.54) is 5.38 Å². The summed E-state index contributed by atoms with van der Waals surface area (Å²) in [6.07, 6.45) is -1.62. The number of hydrogen-bond donors (Lipinski definition) is 5. The number of carboxylic acid groups (broad SMARTS) is 1. The zero-order valence-corrected chi connectivity index (χ0v) is 34.7. The molecule has 2 aliphatic rings. The number of nitrogens with zero attached hydrogens (tertiary/aromatic N) is 6. The summed E-state index contributed by atoms with van der Waals surface area (Å²) in [7, 11) is -5.01. The molecule has 0 saturated carbocycles. The fourth-order valence-electron chi connectivity index (χ4n) is 4.41. The maximum atomic E-state index is 13.1. The van der Waals surface area contributed by atoms with Gasteiger partial charge in [-0.3, -0.25) is 24.7 Å². The molecule has 0 bridgehead atoms. The van der Waals surface area contributed by atoms with Crippen LogP contribution in [0.25, 0.3) is 0 Å². The number of ether oxygens (including phenoxy) is 4. The van der Waals surface area contributed by atoms with Crippen LogP contribution in [0.5, 0.6) is 11.5 Å². The van der Waals surface area contributed by atoms with Gasteiger partial charge in [-0.1, -0.05) is 5.16 Å². The van der Waals surface area contributed by atoms with Crippen LogP contribution in [0.3, 0.4) is 0 Å². The van der Waals surface area contributed by atoms with Crippen molar-refractivity contribution in [3.05, 3.63) is 29.0 Å². The van der Waals surface area contributed by atoms with E-state index in [0.717, 1.165) is 37.4 Å². The number of nitrogen functional groups attached to an aromatic ring is 1. The van der Waals surface area contributed by atoms with E-state index >= 15 is 0 Å². The third-order valence-corrected chi connectivity index (χ3v) is 9.31. The molecule has 28 heteroatoms. The first kappa shape index (κ1) is 45.9. The van der Waals surface area contributed by atoms with Crippen molar-refractivity contribution in [3.8, 4) is 11.5 Å². The predicted octanol–water partition coefficient (Wildman–Crippen LogP) is 0.696. The molecule has 6 N–H and O–H groups in total. The lowest BCUT2D eigenvalue weighted by Crippen LogP contribution is -2.68. The number of rotatable bonds is 12. The molecule has 0 radical (unpaired) electrons. The first-order chi connectivity index (χ1) is 27.6. The molecular formula is C32H40N10O16S2. The molecule has 2 aliphatic heterocycles. The fraction of sp³-hybridized carbons (Fsp3) is 0.469. The number of anilines is 1. The van der Waals surface area contributed by atoms with E-state index in [2.05, 4.69) is 25.9 Å². The highest BCUT2D eigenvalue weighted by atomic mass is 32.2. The van der Waals surface area contributed by atoms with Gasteiger partial charge in [-0.05, 0) is 55.4 Å². The monoisotopic (exact) mass is 884 g/mol. The number of amides is 7. The predicted molar refractivity (Wildman–Crippen MR) is 201 cm³/mol. The molecule has 2 aromatic heterocycles. The largest absolute Gasteiger partial charge is 0.514 e. The lowest BCUT2D eigenvalue weighted by Gasteiger charge is -2.36. The number of carboxylic acids is 1. The highest BCUT2D eigenvalue weighted by Gasteiger charge is 2.46. The van der Waals surface area contributed by atoms with Crippen LogP contribution in [0, 0.1) is 0 Å². The molecule has 2 saturated heterocycles. The number of nitrogens with one attached hydrogen (secondary N) is 3. The van der Waals surface area contributed by atoms with Gasteiger partial charge in [0, 0.05) is 11.4 Å². The van der Waals surface area contributed by atoms with Crippen LogP contribution >= 0.6 is 11.3 Å². The second-order valence-electron chi connectivity index (χ2n) is 14.9. The number of aromatic nitrogens is 2. The van der Waals surface area contributed by atoms with Crippen molar-refractivity contribution in [1.82, 2.24) is 39.6 Å². The van der Waals surface area contributed by atoms with Gasteiger partial charge in [-0.2, -0.15) is 8.42 Å². The van der Waals surface area contributed by atoms with E-state index in [-0.39, 0.29) is 15.1 Å². The molecule has 7 amide bonds. The molecule has 0 aromatic carbocycles. The van der Waals surface area contributed by atoms with Gasteiger partial charge in [-0.15, -0.1) is 11.3 Å². The lowest BCUT2D eigenvalue weighted by molar-refractivity contribution is -0.161. The summed E-state index contributed by atoms with van der Waals surface area (Å²) in [5, 5.41) is 17.0. The number of carbonyl (C=O) groups is 8. The summed E-state index contributed by atoms with van der Waals surface area (Å²) in [4.78, 5) is 114. The van der Waals surface area contributed by atoms with E-state index in [0.29, 0.717) is 9.91 Å². The van der Waals surface area contributed by atoms with E-state index in [9.17, 15) is 51.9 Å². The van der Waals surface area contributed by atoms with Crippen molar-refractivity contribution in [2.75, 3.05) is 25.4 Å². The Balaban J connectivity index is 1.39. The number of nitrogens with two attached hydrogens (primary N) is 1. The average Bonchev–Trinajstić information content (AvgIpc) is 3.69. The van der Waals surface area contributed by atoms with Crippen molar-refractivity contribution in [2.45, 2.75) is 78.2 Å². The first-order valence-electron chi connectivity index (χ1n) is 17.2. The van der Waals surface area contributed by atoms with Gasteiger partial charge in [-0.25, -0.2) is 48.0 Å². The molecule has 1 atom stereocenters. The summed E-state index contributed by atoms with van der Waals surface area (Å²) in [6, 6.07) is -3.37. The van der Waals surface area contributed by atoms with Crippen LogP contribution < -0.4 is 30.7 Å². The Morgan fingerprint density at radius 2 is 1.53 bits per heavy atom. The molecule has 60 heavy (non-hydrogen) atoms. The number of hydrazine groups is 1. The number of aliphatic carboxylic acids is 1. The molecule has 4 heterocycles. The maximum Gasteiger partial charge on any atom is 0.514 e. The second-order valence-corrected chi connectivity index (χ2v) is 17.4. The van der Waals surface area contributed by atoms with Crippen molar-refractivity contribution in [1.29, 1.82) is 0 Å². The van der Waals surface area contributed by atoms with Gasteiger partial charge in [0.25, 0.3) is 17.7 Å². The van der Waals surface area contributed by atoms with Crippen LogP contribution in [0.1, 0.15) is 71.6 Å². The number of pyridine rings is 1. The zero-order valence-electron chi connectivity index (χ0n) is 33.1. The third-order valence-electron chi connectivity index (χ3n) is 7.28. The van der Waals surface area contributed by atoms with E-state index in [1.54, 1.807) is 46.3 Å². The fourth-order valence-corrected chi connectivity index (χ4v) is 6.03. The number of β-lactam (4-membered cyclic amide) rings is 1. The SMILES string of the molecule is CC(C)(C)OC(=O)Oc1cnc(C(=O)NN2CCN(S(=O)(=O)NC(=O)N3C[C@H](NC(=O)C(=NOC(C)(C)C(=O)O)c4csc(N)n4)C3=O)C2=O)cc1OC(=O)OC(C)(C)C. The zero-order chi connectivity index (χ0) is 45.1. The molecule has 0 unspecified atom stereocenters. The molecule has 2 aromatic rings. The Bertz CT molecular complexity index is 2250. The van der Waals surface area contributed by atoms with Crippen LogP contribution in [-0.4, -0.2) is 134 Å². The standard InChI is InChI=1S/C32H40N10O16S2/c1-30(2,3)56-28(50)54-18-11-15(34-12-19(18)55-29(51)57-31(4,5)6)21(43)37-41-9-10-42(27(41)49)60(52,53)39-26(48)40-13-16(23(40)45)35-22(44)20(17-14-59-25(33)36-17)38-58-32(7,8)24(46)47/h11-12,14,16H,9-10,13H2,1-8H3,(H2,33,36)(H,35,44)(H,37,43)(H,39,48)(H,46,47)/t16-/m0/s1. The topological polar surface area (TPSA) is 347 Å². The lowest BCUT2D eigenvalue weighted by atomic mass is 10.1. The third kappa shape index (κ3) is 11.6. The van der Waals surface area contributed by atoms with Crippen molar-refractivity contribution < 1.29 is 75.7 Å². The number of urea groups is 2. The Kier molecular flexibility index (Phi) is 13.1. The Hall–Kier alpha value is -6.84. The van der Waals surface area contributed by atoms with Crippen molar-refractivity contribution in [3.63, 3.8) is 0 Å². The number of thiazole rings is 1. The van der Waals surface area contributed by atoms with Gasteiger partial charge in [0.2, 0.25) is 5.60 Å². The molecular weight excluding hydrogens is 845 g/mol. The maximum absolute atomic E-state index is 13.1. The molecule has 4 rings (SSSR count). The first-order valence-corrected chi connectivity index (χ1v) is 19.5. The highest BCUT2D eigenvalue weighted by Crippen LogP contribution is 2.29. The Labute approximate surface area is 344 Å². The van der Waals surface area contributed by atoms with Crippen LogP contribution in [0.15, 0.2) is 22.8 Å². The minimum absolute atomic E-state index is 0.0187. The molecule has 26 nitrogen and oxygen atoms in total. The quantitative estimate of drug-likeness (QED) is 0.0847. The van der Waals surface area contributed by atoms with Gasteiger partial charge in [0.1, 0.15) is 28.6 Å². The van der Waals surface area contributed by atoms with Crippen molar-refractivity contribution >= 4 is 80.5 Å². The number of carbonyl (C=O) groups excluding carboxylic acids is 7. The number of hydrogen-bond acceptors (Lipinski definition) is 20. The summed E-state index contributed by atoms with van der Waals surface area (Å²) < 4.78 is 48.4. The van der Waals surface area contributed by atoms with Crippen molar-refractivity contribution in [2.24, 2.45) is 5.16 Å². The summed E-state index contributed by atoms with van der Waals surface area (Å²) >= 11 is 0.916. The molecule has 0 aliphatic carbocycles.